The second-order valence-electron chi connectivity index (χ2n) is 38.1. The zero-order chi connectivity index (χ0) is 101. The van der Waals surface area contributed by atoms with Gasteiger partial charge >= 0.3 is 130 Å². The zero-order valence-electron chi connectivity index (χ0n) is 81.9. The standard InChI is InChI=1S/C50H56N2O13S3.C43H52Cl2N2O9S3.C7H6O4.4Na/c1-31-10-19-39-37(28-31)49(2,3)43(51(39)24-6-8-26-66(55,56)57)22-16-33-13-11-32-12-14-34(47-45(32)46(33)64-41-21-15-35(48(53)54)29-42(41)65-47)17-23-44-50(4,5)38-30-36(68(61,62)63)18-20-40(38)52(44)25-7-9-27-67(58,59)60;1-28-10-18-35-33(26-28)42(2,3)37(46(35)22-6-8-24-57(48,49)50)20-15-30-13-11-29-12-14-31(41(45)39(29)40(30)44)16-21-38-43(4,5)34-27-32(59(54,55)56)17-19-36(34)47(38)23-7-9-25-58(51,52)53;8-5-2-1-4(7(10)11)3-6(5)9;;;;/h10,15-23,28-30,32H,6-9,11-14,24-27H2,1-5H3,(H3-,53,54,55,56,57,58,59,60,61,62,63);10,15-21,26-27,29H,6-9,11-14,22-25H2,1-5H3,(H2-,48,49,50,51,52,53,54,55,56);1-3,8-9H,(H,10,11);;;;/q;;;4*+1/p-4. The quantitative estimate of drug-likeness (QED) is 0.0150. The third-order valence-corrected chi connectivity index (χ3v) is 32.8. The third-order valence-electron chi connectivity index (χ3n) is 27.1. The fourth-order valence-electron chi connectivity index (χ4n) is 19.9. The molecule has 6 aromatic carbocycles. The maximum Gasteiger partial charge on any atom is 1.00 e. The number of hydrogen-bond donors (Lipinski definition) is 4. The van der Waals surface area contributed by atoms with Crippen LogP contribution in [0.2, 0.25) is 0 Å². The molecule has 42 heteroatoms. The van der Waals surface area contributed by atoms with Crippen LogP contribution >= 0.6 is 23.2 Å². The molecule has 2 atom stereocenters. The van der Waals surface area contributed by atoms with E-state index < -0.39 is 118 Å². The molecule has 30 nitrogen and oxygen atoms in total. The molecule has 5 heterocycles. The molecule has 740 valence electrons. The molecule has 0 saturated heterocycles. The van der Waals surface area contributed by atoms with Gasteiger partial charge in [0.05, 0.1) is 72.2 Å². The van der Waals surface area contributed by atoms with Gasteiger partial charge in [-0.3, -0.25) is 0 Å². The topological polar surface area (TPSA) is 489 Å². The van der Waals surface area contributed by atoms with Gasteiger partial charge in [0.15, 0.2) is 34.4 Å². The molecule has 0 fully saturated rings. The number of aromatic hydroxyl groups is 2. The van der Waals surface area contributed by atoms with E-state index in [4.69, 9.17) is 48.0 Å². The van der Waals surface area contributed by atoms with Crippen LogP contribution in [-0.2, 0) is 82.4 Å². The van der Waals surface area contributed by atoms with Gasteiger partial charge in [0.1, 0.15) is 44.8 Å². The number of carboxylic acid groups (broad SMARTS) is 2. The number of aryl methyl sites for hydroxylation is 2. The number of phenols is 2. The number of benzene rings is 6. The van der Waals surface area contributed by atoms with Crippen LogP contribution in [0.5, 0.6) is 23.0 Å². The number of rotatable bonds is 30. The number of ether oxygens (including phenoxy) is 2. The SMILES string of the molecule is Cc1ccc2c(c1)C(C)(C)C(/C=C/C1=C3Oc4ccc(C(=O)O)cc4OC4=C3C(CC1)CC/C4=C\C=C1\N(CCCCS(=O)(=O)[O-])c3ccc(S(=O)(=O)[O-])cc3C1(C)C)=[N+]2CCCCS(=O)(=O)[O-].Cc1ccc2c(c1)C(C)(C)C(=CC=C1CCC3CCC(C=CC4=[N+](CCCCS(=O)(=O)[O-])c5ccc(S(=O)(=O)[O-])cc5C4(C)C)=C(Cl)C3=C1Cl)N2CCCCS(=O)(=O)[O-].O=C(O)c1ccc(O)c(O)c1.[Na+].[Na+].[Na+].[Na+]. The monoisotopic (exact) mass is 2140 g/mol. The molecule has 2 unspecified atom stereocenters. The Morgan fingerprint density at radius 3 is 1.30 bits per heavy atom. The largest absolute Gasteiger partial charge is 1.00 e. The number of anilines is 2. The van der Waals surface area contributed by atoms with Crippen molar-refractivity contribution in [3.8, 4) is 23.0 Å². The van der Waals surface area contributed by atoms with E-state index in [1.165, 1.54) is 42.5 Å². The van der Waals surface area contributed by atoms with Gasteiger partial charge in [-0.15, -0.1) is 0 Å². The predicted molar refractivity (Wildman–Crippen MR) is 518 cm³/mol. The Balaban J connectivity index is 0.000000280. The number of phenolic OH excluding ortho intramolecular Hbond substituents is 2. The molecular formula is C100H110Cl2N4Na4O26S6. The van der Waals surface area contributed by atoms with E-state index in [1.807, 2.05) is 74.5 Å². The van der Waals surface area contributed by atoms with Crippen molar-refractivity contribution in [2.75, 3.05) is 59.0 Å². The van der Waals surface area contributed by atoms with Crippen LogP contribution in [0.1, 0.15) is 212 Å². The third kappa shape index (κ3) is 27.7. The first kappa shape index (κ1) is 119. The van der Waals surface area contributed by atoms with Crippen LogP contribution in [0.4, 0.5) is 22.7 Å². The van der Waals surface area contributed by atoms with Crippen molar-refractivity contribution < 1.29 is 245 Å². The summed E-state index contributed by atoms with van der Waals surface area (Å²) in [5.41, 5.74) is 15.4. The van der Waals surface area contributed by atoms with E-state index in [0.717, 1.165) is 134 Å². The van der Waals surface area contributed by atoms with Gasteiger partial charge in [-0.2, -0.15) is 9.15 Å². The minimum atomic E-state index is -4.79. The fourth-order valence-corrected chi connectivity index (χ4v) is 24.0. The summed E-state index contributed by atoms with van der Waals surface area (Å²) in [5, 5.41) is 37.2. The molecule has 4 aliphatic carbocycles. The summed E-state index contributed by atoms with van der Waals surface area (Å²) in [4.78, 5) is 25.9. The van der Waals surface area contributed by atoms with Crippen molar-refractivity contribution in [2.45, 2.75) is 203 Å². The van der Waals surface area contributed by atoms with E-state index in [-0.39, 0.29) is 194 Å². The molecule has 15 rings (SSSR count). The molecule has 5 aliphatic heterocycles. The number of unbranched alkanes of at least 4 members (excludes halogenated alkanes) is 4. The molecule has 0 bridgehead atoms. The maximum atomic E-state index is 12.2. The van der Waals surface area contributed by atoms with Crippen molar-refractivity contribution in [2.24, 2.45) is 11.8 Å². The maximum absolute atomic E-state index is 12.2. The predicted octanol–water partition coefficient (Wildman–Crippen LogP) is 5.06. The van der Waals surface area contributed by atoms with Crippen LogP contribution < -0.4 is 138 Å². The molecule has 0 amide bonds. The number of fused-ring (bicyclic) bond motifs is 6. The Hall–Kier alpha value is -6.16. The smallest absolute Gasteiger partial charge is 0.748 e. The Kier molecular flexibility index (Phi) is 39.8. The van der Waals surface area contributed by atoms with Crippen molar-refractivity contribution >= 4 is 130 Å². The normalized spacial score (nSPS) is 19.8. The van der Waals surface area contributed by atoms with Crippen molar-refractivity contribution in [3.63, 3.8) is 0 Å². The van der Waals surface area contributed by atoms with E-state index in [0.29, 0.717) is 121 Å². The summed E-state index contributed by atoms with van der Waals surface area (Å²) < 4.78 is 227. The van der Waals surface area contributed by atoms with Gasteiger partial charge in [-0.1, -0.05) is 98.5 Å². The molecular weight excluding hydrogens is 2030 g/mol. The van der Waals surface area contributed by atoms with Crippen molar-refractivity contribution in [3.05, 3.63) is 269 Å². The van der Waals surface area contributed by atoms with Crippen LogP contribution in [0.15, 0.2) is 234 Å². The summed E-state index contributed by atoms with van der Waals surface area (Å²) in [7, 11) is -27.0. The van der Waals surface area contributed by atoms with E-state index in [2.05, 4.69) is 98.7 Å². The van der Waals surface area contributed by atoms with E-state index in [1.54, 1.807) is 18.2 Å². The first-order valence-corrected chi connectivity index (χ1v) is 55.2. The minimum absolute atomic E-state index is 0. The van der Waals surface area contributed by atoms with Crippen LogP contribution in [0.25, 0.3) is 0 Å². The average molecular weight is 2140 g/mol. The summed E-state index contributed by atoms with van der Waals surface area (Å²) in [5.74, 6) is -3.04. The van der Waals surface area contributed by atoms with Gasteiger partial charge in [-0.05, 0) is 279 Å². The number of carboxylic acids is 2. The molecule has 0 radical (unpaired) electrons. The van der Waals surface area contributed by atoms with Crippen LogP contribution in [-0.4, -0.2) is 180 Å². The van der Waals surface area contributed by atoms with Crippen LogP contribution in [0.3, 0.4) is 0 Å². The second kappa shape index (κ2) is 47.4. The Labute approximate surface area is 930 Å². The Morgan fingerprint density at radius 1 is 0.415 bits per heavy atom. The number of halogens is 2. The van der Waals surface area contributed by atoms with Gasteiger partial charge in [0.2, 0.25) is 11.4 Å². The van der Waals surface area contributed by atoms with Crippen LogP contribution in [0, 0.1) is 25.7 Å². The summed E-state index contributed by atoms with van der Waals surface area (Å²) in [6, 6.07) is 28.9. The second-order valence-corrected chi connectivity index (χ2v) is 47.7. The average Bonchev–Trinajstić information content (AvgIpc) is 1.52. The van der Waals surface area contributed by atoms with Crippen molar-refractivity contribution in [1.82, 2.24) is 0 Å². The fraction of sp³-hybridized carbons (Fsp3) is 0.400. The Bertz CT molecular complexity index is 7160. The number of aromatic carboxylic acids is 2. The van der Waals surface area contributed by atoms with Crippen molar-refractivity contribution in [1.29, 1.82) is 0 Å². The molecule has 0 saturated carbocycles. The van der Waals surface area contributed by atoms with Gasteiger partial charge in [-0.25, -0.2) is 60.1 Å². The molecule has 0 spiro atoms. The molecule has 142 heavy (non-hydrogen) atoms. The zero-order valence-corrected chi connectivity index (χ0v) is 96.3. The number of allylic oxidation sites excluding steroid dienone is 18. The summed E-state index contributed by atoms with van der Waals surface area (Å²) >= 11 is 14.5. The van der Waals surface area contributed by atoms with Gasteiger partial charge < -0.3 is 67.0 Å². The first-order valence-electron chi connectivity index (χ1n) is 45.3. The number of nitrogens with zero attached hydrogens (tertiary/aromatic N) is 4. The molecule has 6 aromatic rings. The summed E-state index contributed by atoms with van der Waals surface area (Å²) in [6.45, 7) is 22.1. The van der Waals surface area contributed by atoms with E-state index >= 15 is 0 Å². The number of hydrogen-bond acceptors (Lipinski definition) is 26. The molecule has 4 N–H and O–H groups in total. The summed E-state index contributed by atoms with van der Waals surface area (Å²) in [6.07, 6.45) is 24.4. The minimum Gasteiger partial charge on any atom is -0.748 e. The number of carbonyl (C=O) groups is 2. The van der Waals surface area contributed by atoms with E-state index in [9.17, 15) is 92.5 Å². The first-order chi connectivity index (χ1) is 64.3. The Morgan fingerprint density at radius 2 is 0.810 bits per heavy atom. The molecule has 0 aromatic heterocycles. The van der Waals surface area contributed by atoms with Gasteiger partial charge in [0, 0.05) is 134 Å². The van der Waals surface area contributed by atoms with Gasteiger partial charge in [0.25, 0.3) is 0 Å². The molecule has 9 aliphatic rings.